The molecule has 3 amide bonds. The van der Waals surface area contributed by atoms with Crippen molar-refractivity contribution in [2.45, 2.75) is 45.2 Å². The molecular weight excluding hydrogens is 319 g/mol. The number of hydrogen-bond acceptors (Lipinski definition) is 5. The maximum atomic E-state index is 12.5. The van der Waals surface area contributed by atoms with Crippen LogP contribution in [0.4, 0.5) is 0 Å². The van der Waals surface area contributed by atoms with Crippen molar-refractivity contribution in [3.63, 3.8) is 0 Å². The van der Waals surface area contributed by atoms with Gasteiger partial charge in [0.2, 0.25) is 17.6 Å². The average molecular weight is 344 g/mol. The van der Waals surface area contributed by atoms with Crippen LogP contribution >= 0.6 is 9.39 Å². The summed E-state index contributed by atoms with van der Waals surface area (Å²) in [6, 6.07) is -1.54. The van der Waals surface area contributed by atoms with E-state index in [4.69, 9.17) is 5.73 Å². The number of carbonyl (C=O) groups is 4. The molecule has 1 saturated heterocycles. The molecule has 4 unspecified atom stereocenters. The van der Waals surface area contributed by atoms with E-state index in [2.05, 4.69) is 10.4 Å². The van der Waals surface area contributed by atoms with E-state index in [9.17, 15) is 19.2 Å². The van der Waals surface area contributed by atoms with Crippen LogP contribution in [0.1, 0.15) is 33.1 Å². The van der Waals surface area contributed by atoms with Gasteiger partial charge in [-0.1, -0.05) is 20.3 Å². The molecule has 1 heterocycles. The first-order valence-corrected chi connectivity index (χ1v) is 8.28. The highest BCUT2D eigenvalue weighted by Crippen LogP contribution is 2.23. The molecule has 1 aliphatic rings. The van der Waals surface area contributed by atoms with Gasteiger partial charge in [0, 0.05) is 6.54 Å². The van der Waals surface area contributed by atoms with Gasteiger partial charge in [-0.05, 0) is 28.2 Å². The standard InChI is InChI=1S/C14H25N4O4P/c1-3-4-9(12(20)14(22)17-23)16-13(21)10-5-8(2)7-18(10)11(19)6-15/h8-10H,3-7,15,23H2,1-2H3,(H,16,21)(H,17,22). The first-order valence-electron chi connectivity index (χ1n) is 7.70. The van der Waals surface area contributed by atoms with Crippen molar-refractivity contribution in [2.24, 2.45) is 11.7 Å². The molecule has 0 spiro atoms. The number of carbonyl (C=O) groups excluding carboxylic acids is 4. The molecule has 4 atom stereocenters. The molecule has 1 rings (SSSR count). The third-order valence-corrected chi connectivity index (χ3v) is 4.14. The molecule has 0 aliphatic carbocycles. The van der Waals surface area contributed by atoms with Crippen LogP contribution in [-0.2, 0) is 19.2 Å². The number of amides is 3. The zero-order valence-electron chi connectivity index (χ0n) is 13.5. The van der Waals surface area contributed by atoms with Gasteiger partial charge in [-0.2, -0.15) is 0 Å². The van der Waals surface area contributed by atoms with Crippen LogP contribution in [0.25, 0.3) is 0 Å². The van der Waals surface area contributed by atoms with Crippen molar-refractivity contribution in [3.8, 4) is 0 Å². The van der Waals surface area contributed by atoms with Crippen LogP contribution < -0.4 is 16.1 Å². The Hall–Kier alpha value is -1.53. The molecule has 0 aromatic rings. The smallest absolute Gasteiger partial charge is 0.292 e. The largest absolute Gasteiger partial charge is 0.344 e. The second-order valence-corrected chi connectivity index (χ2v) is 6.08. The first-order chi connectivity index (χ1) is 10.8. The number of ketones is 1. The Morgan fingerprint density at radius 2 is 2.00 bits per heavy atom. The van der Waals surface area contributed by atoms with Crippen molar-refractivity contribution in [3.05, 3.63) is 0 Å². The van der Waals surface area contributed by atoms with Gasteiger partial charge in [0.15, 0.2) is 0 Å². The van der Waals surface area contributed by atoms with Gasteiger partial charge in [0.25, 0.3) is 5.91 Å². The number of nitrogens with zero attached hydrogens (tertiary/aromatic N) is 1. The summed E-state index contributed by atoms with van der Waals surface area (Å²) in [5.41, 5.74) is 5.38. The van der Waals surface area contributed by atoms with Gasteiger partial charge >= 0.3 is 0 Å². The van der Waals surface area contributed by atoms with E-state index in [1.165, 1.54) is 4.90 Å². The fourth-order valence-corrected chi connectivity index (χ4v) is 2.88. The van der Waals surface area contributed by atoms with E-state index in [1.807, 2.05) is 23.2 Å². The Labute approximate surface area is 138 Å². The number of likely N-dealkylation sites (tertiary alicyclic amines) is 1. The highest BCUT2D eigenvalue weighted by atomic mass is 31.0. The average Bonchev–Trinajstić information content (AvgIpc) is 2.94. The topological polar surface area (TPSA) is 122 Å². The summed E-state index contributed by atoms with van der Waals surface area (Å²) in [4.78, 5) is 49.3. The highest BCUT2D eigenvalue weighted by Gasteiger charge is 2.38. The zero-order chi connectivity index (χ0) is 17.6. The summed E-state index contributed by atoms with van der Waals surface area (Å²) in [6.45, 7) is 4.10. The minimum absolute atomic E-state index is 0.163. The lowest BCUT2D eigenvalue weighted by atomic mass is 10.0. The van der Waals surface area contributed by atoms with Crippen molar-refractivity contribution >= 4 is 32.9 Å². The summed E-state index contributed by atoms with van der Waals surface area (Å²) >= 11 is 0. The molecule has 9 heteroatoms. The Kier molecular flexibility index (Phi) is 7.58. The lowest BCUT2D eigenvalue weighted by Crippen LogP contribution is -2.53. The van der Waals surface area contributed by atoms with E-state index >= 15 is 0 Å². The predicted molar refractivity (Wildman–Crippen MR) is 88.0 cm³/mol. The molecule has 8 nitrogen and oxygen atoms in total. The van der Waals surface area contributed by atoms with Crippen molar-refractivity contribution in [1.82, 2.24) is 15.3 Å². The zero-order valence-corrected chi connectivity index (χ0v) is 14.7. The molecule has 1 aliphatic heterocycles. The SMILES string of the molecule is CCCC(NC(=O)C1CC(C)CN1C(=O)CN)C(=O)C(=O)NP. The van der Waals surface area contributed by atoms with E-state index in [0.29, 0.717) is 25.8 Å². The van der Waals surface area contributed by atoms with Crippen LogP contribution in [0.5, 0.6) is 0 Å². The summed E-state index contributed by atoms with van der Waals surface area (Å²) in [6.07, 6.45) is 1.50. The Balaban J connectivity index is 2.83. The molecule has 23 heavy (non-hydrogen) atoms. The summed E-state index contributed by atoms with van der Waals surface area (Å²) in [5, 5.41) is 4.80. The van der Waals surface area contributed by atoms with E-state index in [-0.39, 0.29) is 18.4 Å². The fraction of sp³-hybridized carbons (Fsp3) is 0.714. The molecule has 0 aromatic carbocycles. The van der Waals surface area contributed by atoms with E-state index < -0.39 is 29.7 Å². The molecule has 4 N–H and O–H groups in total. The molecule has 130 valence electrons. The molecule has 0 aromatic heterocycles. The van der Waals surface area contributed by atoms with Gasteiger partial charge in [0.05, 0.1) is 12.6 Å². The number of Topliss-reactive ketones (excluding diaryl/α,β-unsaturated/α-hetero) is 1. The summed E-state index contributed by atoms with van der Waals surface area (Å²) in [7, 11) is 1.97. The van der Waals surface area contributed by atoms with Gasteiger partial charge in [0.1, 0.15) is 6.04 Å². The predicted octanol–water partition coefficient (Wildman–Crippen LogP) is -1.06. The Morgan fingerprint density at radius 3 is 2.52 bits per heavy atom. The number of rotatable bonds is 7. The van der Waals surface area contributed by atoms with Gasteiger partial charge < -0.3 is 21.0 Å². The maximum Gasteiger partial charge on any atom is 0.292 e. The lowest BCUT2D eigenvalue weighted by molar-refractivity contribution is -0.141. The van der Waals surface area contributed by atoms with Gasteiger partial charge in [-0.15, -0.1) is 0 Å². The third kappa shape index (κ3) is 4.97. The molecule has 0 saturated carbocycles. The normalized spacial score (nSPS) is 21.7. The number of nitrogens with one attached hydrogen (secondary N) is 2. The van der Waals surface area contributed by atoms with Crippen LogP contribution in [0, 0.1) is 5.92 Å². The first kappa shape index (κ1) is 19.5. The van der Waals surface area contributed by atoms with Crippen molar-refractivity contribution in [2.75, 3.05) is 13.1 Å². The molecular formula is C14H25N4O4P. The molecule has 1 fully saturated rings. The number of hydrogen-bond donors (Lipinski definition) is 3. The van der Waals surface area contributed by atoms with Gasteiger partial charge in [-0.3, -0.25) is 19.2 Å². The van der Waals surface area contributed by atoms with Crippen LogP contribution in [0.15, 0.2) is 0 Å². The van der Waals surface area contributed by atoms with Crippen LogP contribution in [0.3, 0.4) is 0 Å². The quantitative estimate of drug-likeness (QED) is 0.402. The molecule has 0 radical (unpaired) electrons. The number of nitrogens with two attached hydrogens (primary N) is 1. The van der Waals surface area contributed by atoms with E-state index in [0.717, 1.165) is 0 Å². The minimum atomic E-state index is -0.890. The monoisotopic (exact) mass is 344 g/mol. The maximum absolute atomic E-state index is 12.5. The van der Waals surface area contributed by atoms with Crippen LogP contribution in [-0.4, -0.2) is 53.6 Å². The van der Waals surface area contributed by atoms with Crippen molar-refractivity contribution in [1.29, 1.82) is 0 Å². The Bertz CT molecular complexity index is 485. The fourth-order valence-electron chi connectivity index (χ4n) is 2.74. The third-order valence-electron chi connectivity index (χ3n) is 3.87. The lowest BCUT2D eigenvalue weighted by Gasteiger charge is -2.25. The van der Waals surface area contributed by atoms with Crippen molar-refractivity contribution < 1.29 is 19.2 Å². The summed E-state index contributed by atoms with van der Waals surface area (Å²) < 4.78 is 0. The second kappa shape index (κ2) is 8.93. The molecule has 0 bridgehead atoms. The van der Waals surface area contributed by atoms with E-state index in [1.54, 1.807) is 0 Å². The van der Waals surface area contributed by atoms with Gasteiger partial charge in [-0.25, -0.2) is 0 Å². The second-order valence-electron chi connectivity index (χ2n) is 5.79. The highest BCUT2D eigenvalue weighted by molar-refractivity contribution is 7.15. The van der Waals surface area contributed by atoms with Crippen LogP contribution in [0.2, 0.25) is 0 Å². The minimum Gasteiger partial charge on any atom is -0.344 e. The Morgan fingerprint density at radius 1 is 1.35 bits per heavy atom. The summed E-state index contributed by atoms with van der Waals surface area (Å²) in [5.74, 6) is -2.01.